The van der Waals surface area contributed by atoms with Crippen LogP contribution in [0.25, 0.3) is 0 Å². The second kappa shape index (κ2) is 10.9. The first-order valence-corrected chi connectivity index (χ1v) is 8.30. The molecule has 0 N–H and O–H groups in total. The standard InChI is InChI=1S/C15H17Cl4NO3/c1-10(2)20-23-6-3-5-22-15-12(16)8-11(9-13(15)17)21-7-4-14(18)19/h4,8-9H,3,5-7H2,1-2H3. The smallest absolute Gasteiger partial charge is 0.156 e. The summed E-state index contributed by atoms with van der Waals surface area (Å²) in [6, 6.07) is 3.22. The van der Waals surface area contributed by atoms with Gasteiger partial charge < -0.3 is 14.3 Å². The lowest BCUT2D eigenvalue weighted by Gasteiger charge is -2.12. The zero-order valence-electron chi connectivity index (χ0n) is 12.7. The molecule has 128 valence electrons. The quantitative estimate of drug-likeness (QED) is 0.295. The maximum absolute atomic E-state index is 6.15. The Morgan fingerprint density at radius 3 is 2.30 bits per heavy atom. The Morgan fingerprint density at radius 1 is 1.09 bits per heavy atom. The summed E-state index contributed by atoms with van der Waals surface area (Å²) in [5.41, 5.74) is 0.859. The molecule has 1 aromatic carbocycles. The fourth-order valence-corrected chi connectivity index (χ4v) is 2.13. The highest BCUT2D eigenvalue weighted by Crippen LogP contribution is 2.37. The van der Waals surface area contributed by atoms with Crippen LogP contribution in [0.3, 0.4) is 0 Å². The molecule has 0 heterocycles. The number of ether oxygens (including phenoxy) is 2. The van der Waals surface area contributed by atoms with Crippen molar-refractivity contribution in [2.75, 3.05) is 19.8 Å². The lowest BCUT2D eigenvalue weighted by atomic mass is 10.3. The Morgan fingerprint density at radius 2 is 1.74 bits per heavy atom. The predicted octanol–water partition coefficient (Wildman–Crippen LogP) is 5.87. The van der Waals surface area contributed by atoms with E-state index in [1.54, 1.807) is 12.1 Å². The molecule has 0 aliphatic carbocycles. The molecule has 0 unspecified atom stereocenters. The number of nitrogens with zero attached hydrogens (tertiary/aromatic N) is 1. The van der Waals surface area contributed by atoms with Crippen LogP contribution in [0, 0.1) is 0 Å². The number of hydrogen-bond donors (Lipinski definition) is 0. The van der Waals surface area contributed by atoms with Crippen molar-refractivity contribution in [3.05, 3.63) is 32.7 Å². The summed E-state index contributed by atoms with van der Waals surface area (Å²) in [7, 11) is 0. The Balaban J connectivity index is 2.50. The summed E-state index contributed by atoms with van der Waals surface area (Å²) in [4.78, 5) is 5.07. The topological polar surface area (TPSA) is 40.0 Å². The number of oxime groups is 1. The van der Waals surface area contributed by atoms with E-state index in [1.165, 1.54) is 6.08 Å². The minimum Gasteiger partial charge on any atom is -0.490 e. The van der Waals surface area contributed by atoms with Gasteiger partial charge in [-0.3, -0.25) is 0 Å². The van der Waals surface area contributed by atoms with Gasteiger partial charge >= 0.3 is 0 Å². The molecule has 23 heavy (non-hydrogen) atoms. The molecule has 0 bridgehead atoms. The first kappa shape index (κ1) is 20.2. The molecule has 0 aliphatic heterocycles. The molecule has 0 aliphatic rings. The van der Waals surface area contributed by atoms with E-state index in [1.807, 2.05) is 13.8 Å². The summed E-state index contributed by atoms with van der Waals surface area (Å²) < 4.78 is 11.1. The van der Waals surface area contributed by atoms with Gasteiger partial charge in [0, 0.05) is 18.6 Å². The van der Waals surface area contributed by atoms with Crippen LogP contribution in [0.1, 0.15) is 20.3 Å². The molecule has 0 spiro atoms. The maximum Gasteiger partial charge on any atom is 0.156 e. The molecule has 8 heteroatoms. The molecule has 0 aromatic heterocycles. The lowest BCUT2D eigenvalue weighted by Crippen LogP contribution is -2.03. The van der Waals surface area contributed by atoms with Crippen LogP contribution in [0.5, 0.6) is 11.5 Å². The highest BCUT2D eigenvalue weighted by atomic mass is 35.5. The first-order valence-electron chi connectivity index (χ1n) is 6.79. The average Bonchev–Trinajstić information content (AvgIpc) is 2.44. The Bertz CT molecular complexity index is 545. The van der Waals surface area contributed by atoms with E-state index < -0.39 is 0 Å². The SMILES string of the molecule is CC(C)=NOCCCOc1c(Cl)cc(OCC=C(Cl)Cl)cc1Cl. The molecular weight excluding hydrogens is 384 g/mol. The molecule has 4 nitrogen and oxygen atoms in total. The summed E-state index contributed by atoms with van der Waals surface area (Å²) in [5.74, 6) is 0.899. The summed E-state index contributed by atoms with van der Waals surface area (Å²) in [6.45, 7) is 4.78. The van der Waals surface area contributed by atoms with Crippen molar-refractivity contribution in [3.8, 4) is 11.5 Å². The highest BCUT2D eigenvalue weighted by Gasteiger charge is 2.10. The van der Waals surface area contributed by atoms with Gasteiger partial charge in [-0.25, -0.2) is 0 Å². The van der Waals surface area contributed by atoms with E-state index in [-0.39, 0.29) is 11.1 Å². The van der Waals surface area contributed by atoms with Gasteiger partial charge in [-0.1, -0.05) is 51.6 Å². The third-order valence-electron chi connectivity index (χ3n) is 2.33. The van der Waals surface area contributed by atoms with Gasteiger partial charge in [0.1, 0.15) is 23.5 Å². The van der Waals surface area contributed by atoms with Crippen molar-refractivity contribution in [3.63, 3.8) is 0 Å². The van der Waals surface area contributed by atoms with Crippen molar-refractivity contribution in [1.82, 2.24) is 0 Å². The second-order valence-electron chi connectivity index (χ2n) is 4.59. The van der Waals surface area contributed by atoms with Crippen molar-refractivity contribution in [2.45, 2.75) is 20.3 Å². The number of hydrogen-bond acceptors (Lipinski definition) is 4. The largest absolute Gasteiger partial charge is 0.490 e. The van der Waals surface area contributed by atoms with E-state index in [2.05, 4.69) is 5.16 Å². The summed E-state index contributed by atoms with van der Waals surface area (Å²) >= 11 is 23.3. The van der Waals surface area contributed by atoms with Crippen LogP contribution >= 0.6 is 46.4 Å². The first-order chi connectivity index (χ1) is 10.9. The minimum absolute atomic E-state index is 0.131. The number of halogens is 4. The van der Waals surface area contributed by atoms with Crippen LogP contribution < -0.4 is 9.47 Å². The van der Waals surface area contributed by atoms with E-state index in [0.29, 0.717) is 41.2 Å². The molecule has 0 saturated carbocycles. The van der Waals surface area contributed by atoms with Crippen LogP contribution in [0.4, 0.5) is 0 Å². The summed E-state index contributed by atoms with van der Waals surface area (Å²) in [6.07, 6.45) is 2.16. The van der Waals surface area contributed by atoms with Gasteiger partial charge in [-0.15, -0.1) is 0 Å². The van der Waals surface area contributed by atoms with Crippen LogP contribution in [0.15, 0.2) is 27.9 Å². The van der Waals surface area contributed by atoms with Gasteiger partial charge in [0.2, 0.25) is 0 Å². The van der Waals surface area contributed by atoms with Gasteiger partial charge in [-0.2, -0.15) is 0 Å². The maximum atomic E-state index is 6.15. The highest BCUT2D eigenvalue weighted by molar-refractivity contribution is 6.55. The van der Waals surface area contributed by atoms with Gasteiger partial charge in [0.25, 0.3) is 0 Å². The Hall–Kier alpha value is -0.810. The van der Waals surface area contributed by atoms with E-state index in [9.17, 15) is 0 Å². The van der Waals surface area contributed by atoms with Crippen LogP contribution in [0.2, 0.25) is 10.0 Å². The van der Waals surface area contributed by atoms with Crippen molar-refractivity contribution >= 4 is 52.1 Å². The van der Waals surface area contributed by atoms with E-state index in [0.717, 1.165) is 5.71 Å². The molecule has 0 atom stereocenters. The molecular formula is C15H17Cl4NO3. The number of benzene rings is 1. The second-order valence-corrected chi connectivity index (χ2v) is 6.42. The third kappa shape index (κ3) is 8.56. The van der Waals surface area contributed by atoms with Crippen LogP contribution in [-0.2, 0) is 4.84 Å². The van der Waals surface area contributed by atoms with E-state index in [4.69, 9.17) is 60.7 Å². The minimum atomic E-state index is 0.131. The third-order valence-corrected chi connectivity index (χ3v) is 3.20. The monoisotopic (exact) mass is 399 g/mol. The molecule has 0 radical (unpaired) electrons. The average molecular weight is 401 g/mol. The molecule has 1 rings (SSSR count). The van der Waals surface area contributed by atoms with Crippen molar-refractivity contribution in [1.29, 1.82) is 0 Å². The fraction of sp³-hybridized carbons (Fsp3) is 0.400. The van der Waals surface area contributed by atoms with Gasteiger partial charge in [0.15, 0.2) is 5.75 Å². The molecule has 0 saturated heterocycles. The molecule has 0 amide bonds. The van der Waals surface area contributed by atoms with Crippen molar-refractivity contribution in [2.24, 2.45) is 5.16 Å². The predicted molar refractivity (Wildman–Crippen MR) is 96.6 cm³/mol. The Kier molecular flexibility index (Phi) is 9.56. The van der Waals surface area contributed by atoms with Gasteiger partial charge in [-0.05, 0) is 19.9 Å². The summed E-state index contributed by atoms with van der Waals surface area (Å²) in [5, 5.41) is 4.54. The van der Waals surface area contributed by atoms with E-state index >= 15 is 0 Å². The zero-order valence-corrected chi connectivity index (χ0v) is 15.8. The fourth-order valence-electron chi connectivity index (χ4n) is 1.43. The Labute approximate surface area is 155 Å². The molecule has 1 aromatic rings. The lowest BCUT2D eigenvalue weighted by molar-refractivity contribution is 0.127. The van der Waals surface area contributed by atoms with Crippen molar-refractivity contribution < 1.29 is 14.3 Å². The molecule has 0 fully saturated rings. The van der Waals surface area contributed by atoms with Crippen LogP contribution in [-0.4, -0.2) is 25.5 Å². The zero-order chi connectivity index (χ0) is 17.2. The number of rotatable bonds is 9. The van der Waals surface area contributed by atoms with Gasteiger partial charge in [0.05, 0.1) is 22.4 Å². The normalized spacial score (nSPS) is 10.0.